The predicted octanol–water partition coefficient (Wildman–Crippen LogP) is 10.2. The van der Waals surface area contributed by atoms with Gasteiger partial charge < -0.3 is 20.3 Å². The number of aryl methyl sites for hydroxylation is 7. The molecule has 0 atom stereocenters. The molecule has 8 nitrogen and oxygen atoms in total. The molecule has 3 N–H and O–H groups in total. The van der Waals surface area contributed by atoms with Crippen molar-refractivity contribution in [1.29, 1.82) is 0 Å². The van der Waals surface area contributed by atoms with Crippen molar-refractivity contribution in [3.05, 3.63) is 149 Å². The molecule has 8 heteroatoms. The summed E-state index contributed by atoms with van der Waals surface area (Å²) in [5.74, 6) is 2.23. The zero-order valence-corrected chi connectivity index (χ0v) is 33.4. The molecule has 8 rings (SSSR count). The molecular weight excluding hydrogens is 707 g/mol. The van der Waals surface area contributed by atoms with Crippen molar-refractivity contribution in [2.24, 2.45) is 0 Å². The molecule has 4 aromatic carbocycles. The Morgan fingerprint density at radius 2 is 1.21 bits per heavy atom. The van der Waals surface area contributed by atoms with Crippen molar-refractivity contribution < 1.29 is 14.6 Å². The highest BCUT2D eigenvalue weighted by molar-refractivity contribution is 6.08. The fourth-order valence-corrected chi connectivity index (χ4v) is 7.25. The number of pyridine rings is 4. The van der Waals surface area contributed by atoms with Crippen molar-refractivity contribution in [3.63, 3.8) is 0 Å². The zero-order valence-electron chi connectivity index (χ0n) is 33.4. The molecule has 0 aliphatic carbocycles. The fraction of sp³-hybridized carbons (Fsp3) is 0.265. The van der Waals surface area contributed by atoms with Crippen LogP contribution in [0.4, 0.5) is 5.82 Å². The molecule has 0 saturated heterocycles. The summed E-state index contributed by atoms with van der Waals surface area (Å²) >= 11 is 0. The number of para-hydroxylation sites is 1. The van der Waals surface area contributed by atoms with Gasteiger partial charge in [0.25, 0.3) is 0 Å². The standard InChI is InChI=1S/C26H28N2O.C23H23N3O2/c1-4-5-12-29-22-10-9-21(19(3)14-22)8-7-20-15-24-23-11-6-18(2)13-25(23)28-17-26(24)27-16-20;1-15-12-18(28-11-10-27)9-8-17(15)7-6-16-13-20-19-4-2-3-5-21(19)26-23(24)22(20)25-14-16/h6,9-11,13-17H,4-5,7-8,12H2,1-3H3;2-5,8-9,12-14,27H,6-7,10-11H2,1H3,(H2,24,26). The van der Waals surface area contributed by atoms with Crippen molar-refractivity contribution in [2.75, 3.05) is 25.6 Å². The first-order valence-electron chi connectivity index (χ1n) is 19.9. The lowest BCUT2D eigenvalue weighted by molar-refractivity contribution is 0.201. The summed E-state index contributed by atoms with van der Waals surface area (Å²) in [4.78, 5) is 18.3. The number of rotatable bonds is 13. The maximum absolute atomic E-state index is 8.88. The van der Waals surface area contributed by atoms with Crippen LogP contribution in [0.25, 0.3) is 43.6 Å². The van der Waals surface area contributed by atoms with Crippen molar-refractivity contribution in [2.45, 2.75) is 66.2 Å². The molecule has 0 aliphatic heterocycles. The molecule has 57 heavy (non-hydrogen) atoms. The number of aliphatic hydroxyl groups is 1. The van der Waals surface area contributed by atoms with Crippen LogP contribution in [0.1, 0.15) is 58.7 Å². The molecule has 4 heterocycles. The Morgan fingerprint density at radius 3 is 1.89 bits per heavy atom. The number of benzene rings is 4. The van der Waals surface area contributed by atoms with Gasteiger partial charge in [-0.25, -0.2) is 4.98 Å². The highest BCUT2D eigenvalue weighted by atomic mass is 16.5. The number of ether oxygens (including phenoxy) is 2. The minimum absolute atomic E-state index is 0.0183. The van der Waals surface area contributed by atoms with E-state index < -0.39 is 0 Å². The third-order valence-corrected chi connectivity index (χ3v) is 10.5. The molecule has 0 radical (unpaired) electrons. The summed E-state index contributed by atoms with van der Waals surface area (Å²) < 4.78 is 11.3. The lowest BCUT2D eigenvalue weighted by Crippen LogP contribution is -2.02. The number of hydrogen-bond donors (Lipinski definition) is 2. The van der Waals surface area contributed by atoms with E-state index in [1.165, 1.54) is 49.7 Å². The molecule has 0 spiro atoms. The van der Waals surface area contributed by atoms with Gasteiger partial charge in [0, 0.05) is 33.9 Å². The number of unbranched alkanes of at least 4 members (excludes halogenated alkanes) is 1. The van der Waals surface area contributed by atoms with Gasteiger partial charge in [-0.3, -0.25) is 15.0 Å². The van der Waals surface area contributed by atoms with Gasteiger partial charge in [-0.2, -0.15) is 0 Å². The van der Waals surface area contributed by atoms with E-state index in [-0.39, 0.29) is 6.61 Å². The van der Waals surface area contributed by atoms with Gasteiger partial charge in [-0.05, 0) is 140 Å². The number of hydrogen-bond acceptors (Lipinski definition) is 8. The molecule has 4 aromatic heterocycles. The summed E-state index contributed by atoms with van der Waals surface area (Å²) in [5.41, 5.74) is 18.5. The Balaban J connectivity index is 0.000000174. The molecule has 0 saturated carbocycles. The number of aromatic nitrogens is 4. The third kappa shape index (κ3) is 9.47. The number of aliphatic hydroxyl groups excluding tert-OH is 1. The lowest BCUT2D eigenvalue weighted by atomic mass is 9.99. The van der Waals surface area contributed by atoms with Crippen LogP contribution in [-0.2, 0) is 25.7 Å². The maximum atomic E-state index is 8.88. The van der Waals surface area contributed by atoms with Crippen LogP contribution in [0.2, 0.25) is 0 Å². The number of fused-ring (bicyclic) bond motifs is 6. The lowest BCUT2D eigenvalue weighted by Gasteiger charge is -2.11. The highest BCUT2D eigenvalue weighted by Gasteiger charge is 2.10. The van der Waals surface area contributed by atoms with Crippen LogP contribution in [0.15, 0.2) is 110 Å². The van der Waals surface area contributed by atoms with E-state index in [4.69, 9.17) is 20.3 Å². The predicted molar refractivity (Wildman–Crippen MR) is 233 cm³/mol. The molecular formula is C49H51N5O3. The Kier molecular flexibility index (Phi) is 12.5. The summed E-state index contributed by atoms with van der Waals surface area (Å²) in [6, 6.07) is 31.4. The summed E-state index contributed by atoms with van der Waals surface area (Å²) in [7, 11) is 0. The first kappa shape index (κ1) is 39.1. The van der Waals surface area contributed by atoms with E-state index in [1.807, 2.05) is 48.9 Å². The Bertz CT molecular complexity index is 2660. The van der Waals surface area contributed by atoms with Gasteiger partial charge in [-0.1, -0.05) is 55.8 Å². The van der Waals surface area contributed by atoms with E-state index in [9.17, 15) is 0 Å². The second kappa shape index (κ2) is 18.2. The molecule has 0 fully saturated rings. The molecule has 290 valence electrons. The largest absolute Gasteiger partial charge is 0.494 e. The average molecular weight is 758 g/mol. The van der Waals surface area contributed by atoms with Gasteiger partial charge in [0.1, 0.15) is 23.6 Å². The second-order valence-electron chi connectivity index (χ2n) is 14.8. The molecule has 0 aliphatic rings. The van der Waals surface area contributed by atoms with Crippen molar-refractivity contribution in [1.82, 2.24) is 19.9 Å². The van der Waals surface area contributed by atoms with Gasteiger partial charge in [0.05, 0.1) is 36.0 Å². The maximum Gasteiger partial charge on any atom is 0.150 e. The van der Waals surface area contributed by atoms with E-state index >= 15 is 0 Å². The van der Waals surface area contributed by atoms with Crippen LogP contribution in [0.5, 0.6) is 11.5 Å². The Morgan fingerprint density at radius 1 is 0.579 bits per heavy atom. The van der Waals surface area contributed by atoms with Crippen LogP contribution in [-0.4, -0.2) is 44.9 Å². The van der Waals surface area contributed by atoms with Gasteiger partial charge in [0.2, 0.25) is 0 Å². The Labute approximate surface area is 334 Å². The first-order chi connectivity index (χ1) is 27.8. The van der Waals surface area contributed by atoms with E-state index in [2.05, 4.69) is 108 Å². The van der Waals surface area contributed by atoms with Crippen LogP contribution < -0.4 is 15.2 Å². The van der Waals surface area contributed by atoms with Crippen molar-refractivity contribution in [3.8, 4) is 11.5 Å². The quantitative estimate of drug-likeness (QED) is 0.0882. The van der Waals surface area contributed by atoms with E-state index in [0.29, 0.717) is 12.4 Å². The molecule has 0 unspecified atom stereocenters. The minimum atomic E-state index is 0.0183. The third-order valence-electron chi connectivity index (χ3n) is 10.5. The first-order valence-corrected chi connectivity index (χ1v) is 19.9. The number of anilines is 1. The normalized spacial score (nSPS) is 11.2. The SMILES string of the molecule is CCCCOc1ccc(CCc2cnc3cnc4cc(C)ccc4c3c2)c(C)c1.Cc1cc(OCCO)ccc1CCc1cnc2c(N)nc3ccccc3c2c1. The average Bonchev–Trinajstić information content (AvgIpc) is 3.22. The smallest absolute Gasteiger partial charge is 0.150 e. The molecule has 0 bridgehead atoms. The second-order valence-corrected chi connectivity index (χ2v) is 14.8. The molecule has 8 aromatic rings. The van der Waals surface area contributed by atoms with Crippen LogP contribution in [0.3, 0.4) is 0 Å². The van der Waals surface area contributed by atoms with Crippen LogP contribution in [0, 0.1) is 20.8 Å². The van der Waals surface area contributed by atoms with E-state index in [0.717, 1.165) is 89.5 Å². The summed E-state index contributed by atoms with van der Waals surface area (Å²) in [6.45, 7) is 9.66. The summed E-state index contributed by atoms with van der Waals surface area (Å²) in [5, 5.41) is 13.4. The topological polar surface area (TPSA) is 116 Å². The monoisotopic (exact) mass is 757 g/mol. The number of nitrogen functional groups attached to an aromatic ring is 1. The van der Waals surface area contributed by atoms with Gasteiger partial charge in [0.15, 0.2) is 5.82 Å². The number of nitrogens with zero attached hydrogens (tertiary/aromatic N) is 4. The van der Waals surface area contributed by atoms with Gasteiger partial charge >= 0.3 is 0 Å². The summed E-state index contributed by atoms with van der Waals surface area (Å²) in [6.07, 6.45) is 11.8. The van der Waals surface area contributed by atoms with Crippen molar-refractivity contribution >= 4 is 49.4 Å². The van der Waals surface area contributed by atoms with Crippen LogP contribution >= 0.6 is 0 Å². The molecule has 0 amide bonds. The van der Waals surface area contributed by atoms with E-state index in [1.54, 1.807) is 0 Å². The highest BCUT2D eigenvalue weighted by Crippen LogP contribution is 2.29. The van der Waals surface area contributed by atoms with Gasteiger partial charge in [-0.15, -0.1) is 0 Å². The zero-order chi connectivity index (χ0) is 39.7. The minimum Gasteiger partial charge on any atom is -0.494 e. The number of nitrogens with two attached hydrogens (primary N) is 1. The Hall–Kier alpha value is -6.12. The fourth-order valence-electron chi connectivity index (χ4n) is 7.25.